The lowest BCUT2D eigenvalue weighted by Gasteiger charge is -2.34. The van der Waals surface area contributed by atoms with Crippen LogP contribution in [-0.2, 0) is 10.0 Å². The number of sulfonamides is 1. The van der Waals surface area contributed by atoms with Gasteiger partial charge in [0.15, 0.2) is 5.11 Å². The van der Waals surface area contributed by atoms with Gasteiger partial charge in [0.25, 0.3) is 5.91 Å². The number of carbonyl (C=O) groups is 1. The van der Waals surface area contributed by atoms with Crippen LogP contribution in [0.3, 0.4) is 0 Å². The summed E-state index contributed by atoms with van der Waals surface area (Å²) in [5.41, 5.74) is 1.10. The van der Waals surface area contributed by atoms with Crippen molar-refractivity contribution >= 4 is 38.9 Å². The number of anilines is 1. The number of benzene rings is 2. The summed E-state index contributed by atoms with van der Waals surface area (Å²) in [5.74, 6) is 0.385. The molecule has 1 amide bonds. The van der Waals surface area contributed by atoms with E-state index in [1.54, 1.807) is 52.8 Å². The van der Waals surface area contributed by atoms with Gasteiger partial charge in [-0.15, -0.1) is 0 Å². The fraction of sp³-hybridized carbons (Fsp3) is 0.333. The van der Waals surface area contributed by atoms with E-state index in [2.05, 4.69) is 24.5 Å². The SMILES string of the molecule is C[C@@H]1C[C@@H](C)CN(S(=O)(=O)c2ccc(NC(=S)NC(=O)c3ccccc3)cc2)C1. The molecule has 3 rings (SSSR count). The fourth-order valence-corrected chi connectivity index (χ4v) is 5.48. The largest absolute Gasteiger partial charge is 0.332 e. The Labute approximate surface area is 177 Å². The van der Waals surface area contributed by atoms with E-state index < -0.39 is 10.0 Å². The molecule has 29 heavy (non-hydrogen) atoms. The Morgan fingerprint density at radius 2 is 1.59 bits per heavy atom. The normalized spacial score (nSPS) is 20.1. The topological polar surface area (TPSA) is 78.5 Å². The molecule has 0 unspecified atom stereocenters. The lowest BCUT2D eigenvalue weighted by molar-refractivity contribution is 0.0977. The number of nitrogens with one attached hydrogen (secondary N) is 2. The molecule has 0 spiro atoms. The predicted octanol–water partition coefficient (Wildman–Crippen LogP) is 3.48. The molecule has 1 aliphatic heterocycles. The second kappa shape index (κ2) is 9.02. The first-order valence-corrected chi connectivity index (χ1v) is 11.4. The lowest BCUT2D eigenvalue weighted by Crippen LogP contribution is -2.42. The van der Waals surface area contributed by atoms with Crippen LogP contribution in [0, 0.1) is 11.8 Å². The van der Waals surface area contributed by atoms with Crippen LogP contribution < -0.4 is 10.6 Å². The Kier molecular flexibility index (Phi) is 6.66. The van der Waals surface area contributed by atoms with Crippen molar-refractivity contribution in [3.63, 3.8) is 0 Å². The second-order valence-electron chi connectivity index (χ2n) is 7.57. The van der Waals surface area contributed by atoms with Gasteiger partial charge in [0.1, 0.15) is 0 Å². The highest BCUT2D eigenvalue weighted by Gasteiger charge is 2.31. The third kappa shape index (κ3) is 5.41. The highest BCUT2D eigenvalue weighted by Crippen LogP contribution is 2.27. The van der Waals surface area contributed by atoms with E-state index in [0.717, 1.165) is 6.42 Å². The molecule has 0 bridgehead atoms. The number of amides is 1. The molecule has 1 fully saturated rings. The average Bonchev–Trinajstić information content (AvgIpc) is 2.68. The van der Waals surface area contributed by atoms with Crippen molar-refractivity contribution in [1.29, 1.82) is 0 Å². The van der Waals surface area contributed by atoms with Crippen molar-refractivity contribution in [3.05, 3.63) is 60.2 Å². The van der Waals surface area contributed by atoms with Crippen molar-refractivity contribution in [3.8, 4) is 0 Å². The van der Waals surface area contributed by atoms with Gasteiger partial charge in [0.05, 0.1) is 4.90 Å². The first kappa shape index (κ1) is 21.4. The molecule has 1 heterocycles. The molecule has 2 aromatic rings. The summed E-state index contributed by atoms with van der Waals surface area (Å²) < 4.78 is 27.4. The number of hydrogen-bond acceptors (Lipinski definition) is 4. The molecule has 8 heteroatoms. The average molecular weight is 432 g/mol. The quantitative estimate of drug-likeness (QED) is 0.725. The van der Waals surface area contributed by atoms with Crippen molar-refractivity contribution < 1.29 is 13.2 Å². The summed E-state index contributed by atoms with van der Waals surface area (Å²) in [6, 6.07) is 15.2. The summed E-state index contributed by atoms with van der Waals surface area (Å²) in [6.45, 7) is 5.25. The van der Waals surface area contributed by atoms with Gasteiger partial charge in [-0.25, -0.2) is 8.42 Å². The first-order chi connectivity index (χ1) is 13.8. The standard InChI is InChI=1S/C21H25N3O3S2/c1-15-12-16(2)14-24(13-15)29(26,27)19-10-8-18(9-11-19)22-21(28)23-20(25)17-6-4-3-5-7-17/h3-11,15-16H,12-14H2,1-2H3,(H2,22,23,25,28)/t15-,16-/m1/s1. The maximum absolute atomic E-state index is 12.9. The summed E-state index contributed by atoms with van der Waals surface area (Å²) >= 11 is 5.18. The molecule has 2 aromatic carbocycles. The van der Waals surface area contributed by atoms with E-state index in [9.17, 15) is 13.2 Å². The summed E-state index contributed by atoms with van der Waals surface area (Å²) in [5, 5.41) is 5.66. The molecule has 2 atom stereocenters. The first-order valence-electron chi connectivity index (χ1n) is 9.53. The number of nitrogens with zero attached hydrogens (tertiary/aromatic N) is 1. The second-order valence-corrected chi connectivity index (χ2v) is 9.91. The Morgan fingerprint density at radius 3 is 2.17 bits per heavy atom. The summed E-state index contributed by atoms with van der Waals surface area (Å²) in [4.78, 5) is 12.4. The zero-order valence-electron chi connectivity index (χ0n) is 16.5. The van der Waals surface area contributed by atoms with Crippen LogP contribution in [0.15, 0.2) is 59.5 Å². The van der Waals surface area contributed by atoms with Gasteiger partial charge in [-0.1, -0.05) is 32.0 Å². The van der Waals surface area contributed by atoms with Crippen LogP contribution in [0.25, 0.3) is 0 Å². The van der Waals surface area contributed by atoms with Crippen LogP contribution in [0.1, 0.15) is 30.6 Å². The molecule has 0 aromatic heterocycles. The number of carbonyl (C=O) groups excluding carboxylic acids is 1. The number of thiocarbonyl (C=S) groups is 1. The minimum absolute atomic E-state index is 0.146. The monoisotopic (exact) mass is 431 g/mol. The molecule has 2 N–H and O–H groups in total. The Morgan fingerprint density at radius 1 is 1.00 bits per heavy atom. The Hall–Kier alpha value is -2.29. The molecule has 0 radical (unpaired) electrons. The number of hydrogen-bond donors (Lipinski definition) is 2. The van der Waals surface area contributed by atoms with Crippen LogP contribution >= 0.6 is 12.2 Å². The molecule has 6 nitrogen and oxygen atoms in total. The predicted molar refractivity (Wildman–Crippen MR) is 118 cm³/mol. The smallest absolute Gasteiger partial charge is 0.257 e. The van der Waals surface area contributed by atoms with Gasteiger partial charge in [-0.2, -0.15) is 4.31 Å². The van der Waals surface area contributed by atoms with Crippen LogP contribution in [0.4, 0.5) is 5.69 Å². The fourth-order valence-electron chi connectivity index (χ4n) is 3.59. The molecule has 0 aliphatic carbocycles. The molecule has 154 valence electrons. The van der Waals surface area contributed by atoms with Gasteiger partial charge in [0.2, 0.25) is 10.0 Å². The van der Waals surface area contributed by atoms with E-state index in [1.165, 1.54) is 0 Å². The molecular weight excluding hydrogens is 406 g/mol. The maximum Gasteiger partial charge on any atom is 0.257 e. The highest BCUT2D eigenvalue weighted by molar-refractivity contribution is 7.89. The minimum Gasteiger partial charge on any atom is -0.332 e. The molecule has 1 aliphatic rings. The van der Waals surface area contributed by atoms with E-state index in [-0.39, 0.29) is 15.9 Å². The summed E-state index contributed by atoms with van der Waals surface area (Å²) in [6.07, 6.45) is 1.04. The van der Waals surface area contributed by atoms with Gasteiger partial charge >= 0.3 is 0 Å². The van der Waals surface area contributed by atoms with Crippen LogP contribution in [0.5, 0.6) is 0 Å². The minimum atomic E-state index is -3.53. The van der Waals surface area contributed by atoms with Crippen LogP contribution in [0.2, 0.25) is 0 Å². The van der Waals surface area contributed by atoms with Gasteiger partial charge in [0, 0.05) is 24.3 Å². The highest BCUT2D eigenvalue weighted by atomic mass is 32.2. The number of rotatable bonds is 4. The van der Waals surface area contributed by atoms with E-state index in [1.807, 2.05) is 6.07 Å². The van der Waals surface area contributed by atoms with Crippen molar-refractivity contribution in [2.24, 2.45) is 11.8 Å². The third-order valence-electron chi connectivity index (χ3n) is 4.85. The molecular formula is C21H25N3O3S2. The zero-order chi connectivity index (χ0) is 21.0. The van der Waals surface area contributed by atoms with Crippen molar-refractivity contribution in [2.75, 3.05) is 18.4 Å². The van der Waals surface area contributed by atoms with Gasteiger partial charge in [-0.05, 0) is 66.9 Å². The molecule has 1 saturated heterocycles. The van der Waals surface area contributed by atoms with E-state index >= 15 is 0 Å². The maximum atomic E-state index is 12.9. The van der Waals surface area contributed by atoms with Crippen molar-refractivity contribution in [2.45, 2.75) is 25.2 Å². The summed E-state index contributed by atoms with van der Waals surface area (Å²) in [7, 11) is -3.53. The van der Waals surface area contributed by atoms with Crippen molar-refractivity contribution in [1.82, 2.24) is 9.62 Å². The van der Waals surface area contributed by atoms with E-state index in [4.69, 9.17) is 12.2 Å². The zero-order valence-corrected chi connectivity index (χ0v) is 18.1. The Balaban J connectivity index is 1.64. The number of piperidine rings is 1. The Bertz CT molecular complexity index is 966. The van der Waals surface area contributed by atoms with E-state index in [0.29, 0.717) is 36.2 Å². The molecule has 0 saturated carbocycles. The van der Waals surface area contributed by atoms with Gasteiger partial charge < -0.3 is 5.32 Å². The van der Waals surface area contributed by atoms with Gasteiger partial charge in [-0.3, -0.25) is 10.1 Å². The third-order valence-corrected chi connectivity index (χ3v) is 6.90. The van der Waals surface area contributed by atoms with Crippen LogP contribution in [-0.4, -0.2) is 36.8 Å². The lowest BCUT2D eigenvalue weighted by atomic mass is 9.94.